The number of rotatable bonds is 1. The van der Waals surface area contributed by atoms with Crippen molar-refractivity contribution in [3.63, 3.8) is 0 Å². The maximum Gasteiger partial charge on any atom is 0.315 e. The zero-order valence-corrected chi connectivity index (χ0v) is 15.2. The van der Waals surface area contributed by atoms with Gasteiger partial charge in [0, 0.05) is 31.2 Å². The molecule has 1 aromatic rings. The second-order valence-corrected chi connectivity index (χ2v) is 7.31. The zero-order valence-electron chi connectivity index (χ0n) is 15.2. The molecule has 0 aromatic carbocycles. The number of carbonyl (C=O) groups excluding carboxylic acids is 2. The standard InChI is InChI=1S/C17H27N5O3/c1-13-11-14(19-25-13)18-15(23)16(24)22-8-4-7-21(3)17(12-22)5-9-20(2)10-6-17/h11H,4-10,12H2,1-3H3,(H,18,19,23). The lowest BCUT2D eigenvalue weighted by Gasteiger charge is -2.47. The predicted molar refractivity (Wildman–Crippen MR) is 93.2 cm³/mol. The van der Waals surface area contributed by atoms with Crippen LogP contribution in [0.5, 0.6) is 0 Å². The van der Waals surface area contributed by atoms with Crippen molar-refractivity contribution in [3.8, 4) is 0 Å². The van der Waals surface area contributed by atoms with Crippen molar-refractivity contribution in [3.05, 3.63) is 11.8 Å². The average Bonchev–Trinajstić information content (AvgIpc) is 2.92. The van der Waals surface area contributed by atoms with Gasteiger partial charge in [-0.2, -0.15) is 0 Å². The predicted octanol–water partition coefficient (Wildman–Crippen LogP) is 0.550. The van der Waals surface area contributed by atoms with Gasteiger partial charge < -0.3 is 14.3 Å². The van der Waals surface area contributed by atoms with E-state index in [0.717, 1.165) is 38.9 Å². The van der Waals surface area contributed by atoms with E-state index in [4.69, 9.17) is 4.52 Å². The van der Waals surface area contributed by atoms with Crippen LogP contribution in [0.2, 0.25) is 0 Å². The minimum absolute atomic E-state index is 0.0383. The average molecular weight is 349 g/mol. The largest absolute Gasteiger partial charge is 0.360 e. The maximum atomic E-state index is 12.7. The number of likely N-dealkylation sites (N-methyl/N-ethyl adjacent to an activating group) is 1. The van der Waals surface area contributed by atoms with E-state index in [9.17, 15) is 9.59 Å². The fourth-order valence-electron chi connectivity index (χ4n) is 3.78. The van der Waals surface area contributed by atoms with E-state index in [1.54, 1.807) is 17.9 Å². The lowest BCUT2D eigenvalue weighted by Crippen LogP contribution is -2.59. The van der Waals surface area contributed by atoms with E-state index in [2.05, 4.69) is 34.4 Å². The molecule has 0 radical (unpaired) electrons. The van der Waals surface area contributed by atoms with Crippen LogP contribution >= 0.6 is 0 Å². The minimum atomic E-state index is -0.652. The first kappa shape index (κ1) is 17.9. The number of hydrogen-bond donors (Lipinski definition) is 1. The third-order valence-electron chi connectivity index (χ3n) is 5.49. The first-order valence-electron chi connectivity index (χ1n) is 8.83. The van der Waals surface area contributed by atoms with E-state index in [-0.39, 0.29) is 11.4 Å². The highest BCUT2D eigenvalue weighted by Gasteiger charge is 2.42. The first-order chi connectivity index (χ1) is 11.9. The summed E-state index contributed by atoms with van der Waals surface area (Å²) in [7, 11) is 4.26. The van der Waals surface area contributed by atoms with Crippen LogP contribution in [0.4, 0.5) is 5.82 Å². The Morgan fingerprint density at radius 2 is 1.92 bits per heavy atom. The Hall–Kier alpha value is -1.93. The number of nitrogens with zero attached hydrogens (tertiary/aromatic N) is 4. The number of nitrogens with one attached hydrogen (secondary N) is 1. The summed E-state index contributed by atoms with van der Waals surface area (Å²) in [5.74, 6) is -0.281. The molecule has 1 spiro atoms. The highest BCUT2D eigenvalue weighted by atomic mass is 16.5. The molecule has 1 N–H and O–H groups in total. The van der Waals surface area contributed by atoms with Gasteiger partial charge in [0.1, 0.15) is 5.76 Å². The molecule has 8 nitrogen and oxygen atoms in total. The number of likely N-dealkylation sites (tertiary alicyclic amines) is 1. The van der Waals surface area contributed by atoms with Crippen LogP contribution in [0, 0.1) is 6.92 Å². The molecule has 138 valence electrons. The maximum absolute atomic E-state index is 12.7. The monoisotopic (exact) mass is 349 g/mol. The molecular formula is C17H27N5O3. The van der Waals surface area contributed by atoms with E-state index in [0.29, 0.717) is 18.8 Å². The van der Waals surface area contributed by atoms with Gasteiger partial charge in [0.15, 0.2) is 5.82 Å². The molecule has 1 aromatic heterocycles. The highest BCUT2D eigenvalue weighted by Crippen LogP contribution is 2.31. The third-order valence-corrected chi connectivity index (χ3v) is 5.49. The van der Waals surface area contributed by atoms with Crippen LogP contribution < -0.4 is 5.32 Å². The van der Waals surface area contributed by atoms with Crippen molar-refractivity contribution in [1.82, 2.24) is 19.9 Å². The number of piperidine rings is 1. The molecule has 25 heavy (non-hydrogen) atoms. The van der Waals surface area contributed by atoms with E-state index < -0.39 is 11.8 Å². The normalized spacial score (nSPS) is 22.0. The van der Waals surface area contributed by atoms with Gasteiger partial charge in [-0.05, 0) is 53.4 Å². The van der Waals surface area contributed by atoms with Gasteiger partial charge in [-0.15, -0.1) is 0 Å². The van der Waals surface area contributed by atoms with E-state index in [1.165, 1.54) is 0 Å². The summed E-state index contributed by atoms with van der Waals surface area (Å²) in [6.45, 7) is 5.90. The number of amides is 2. The van der Waals surface area contributed by atoms with Crippen molar-refractivity contribution in [2.24, 2.45) is 0 Å². The highest BCUT2D eigenvalue weighted by molar-refractivity contribution is 6.39. The Kier molecular flexibility index (Phi) is 5.10. The number of hydrogen-bond acceptors (Lipinski definition) is 6. The van der Waals surface area contributed by atoms with Crippen LogP contribution in [0.1, 0.15) is 25.0 Å². The van der Waals surface area contributed by atoms with Gasteiger partial charge >= 0.3 is 11.8 Å². The Balaban J connectivity index is 1.69. The number of aryl methyl sites for hydroxylation is 1. The van der Waals surface area contributed by atoms with Gasteiger partial charge in [-0.1, -0.05) is 5.16 Å². The Bertz CT molecular complexity index is 636. The van der Waals surface area contributed by atoms with Gasteiger partial charge in [0.25, 0.3) is 0 Å². The molecule has 2 saturated heterocycles. The summed E-state index contributed by atoms with van der Waals surface area (Å²) in [6, 6.07) is 1.60. The Labute approximate surface area is 148 Å². The number of carbonyl (C=O) groups is 2. The SMILES string of the molecule is Cc1cc(NC(=O)C(=O)N2CCCN(C)C3(CCN(C)CC3)C2)no1. The molecule has 8 heteroatoms. The van der Waals surface area contributed by atoms with Crippen molar-refractivity contribution in [2.75, 3.05) is 52.1 Å². The summed E-state index contributed by atoms with van der Waals surface area (Å²) in [5, 5.41) is 6.25. The van der Waals surface area contributed by atoms with Crippen molar-refractivity contribution < 1.29 is 14.1 Å². The molecule has 0 saturated carbocycles. The lowest BCUT2D eigenvalue weighted by atomic mass is 9.85. The fraction of sp³-hybridized carbons (Fsp3) is 0.706. The van der Waals surface area contributed by atoms with E-state index >= 15 is 0 Å². The topological polar surface area (TPSA) is 81.9 Å². The van der Waals surface area contributed by atoms with Crippen molar-refractivity contribution in [1.29, 1.82) is 0 Å². The molecule has 3 rings (SSSR count). The van der Waals surface area contributed by atoms with Gasteiger partial charge in [0.05, 0.1) is 0 Å². The lowest BCUT2D eigenvalue weighted by molar-refractivity contribution is -0.144. The van der Waals surface area contributed by atoms with Crippen LogP contribution in [0.25, 0.3) is 0 Å². The summed E-state index contributed by atoms with van der Waals surface area (Å²) in [4.78, 5) is 31.4. The Morgan fingerprint density at radius 3 is 2.56 bits per heavy atom. The molecule has 2 aliphatic rings. The smallest absolute Gasteiger partial charge is 0.315 e. The van der Waals surface area contributed by atoms with Crippen LogP contribution in [0.15, 0.2) is 10.6 Å². The molecule has 0 atom stereocenters. The van der Waals surface area contributed by atoms with Crippen LogP contribution in [-0.2, 0) is 9.59 Å². The minimum Gasteiger partial charge on any atom is -0.360 e. The third kappa shape index (κ3) is 3.85. The quantitative estimate of drug-likeness (QED) is 0.746. The van der Waals surface area contributed by atoms with Gasteiger partial charge in [-0.3, -0.25) is 19.8 Å². The Morgan fingerprint density at radius 1 is 1.20 bits per heavy atom. The number of anilines is 1. The van der Waals surface area contributed by atoms with Crippen LogP contribution in [0.3, 0.4) is 0 Å². The molecule has 0 unspecified atom stereocenters. The first-order valence-corrected chi connectivity index (χ1v) is 8.83. The van der Waals surface area contributed by atoms with Gasteiger partial charge in [-0.25, -0.2) is 0 Å². The van der Waals surface area contributed by atoms with Crippen molar-refractivity contribution >= 4 is 17.6 Å². The number of aromatic nitrogens is 1. The van der Waals surface area contributed by atoms with Crippen molar-refractivity contribution in [2.45, 2.75) is 31.7 Å². The second-order valence-electron chi connectivity index (χ2n) is 7.31. The summed E-state index contributed by atoms with van der Waals surface area (Å²) in [6.07, 6.45) is 2.89. The summed E-state index contributed by atoms with van der Waals surface area (Å²) in [5.41, 5.74) is -0.0383. The molecule has 3 heterocycles. The fourth-order valence-corrected chi connectivity index (χ4v) is 3.78. The van der Waals surface area contributed by atoms with Crippen LogP contribution in [-0.4, -0.2) is 84.0 Å². The zero-order chi connectivity index (χ0) is 18.0. The van der Waals surface area contributed by atoms with E-state index in [1.807, 2.05) is 0 Å². The molecule has 0 aliphatic carbocycles. The second kappa shape index (κ2) is 7.13. The molecule has 2 fully saturated rings. The molecular weight excluding hydrogens is 322 g/mol. The molecule has 2 aliphatic heterocycles. The van der Waals surface area contributed by atoms with Gasteiger partial charge in [0.2, 0.25) is 0 Å². The summed E-state index contributed by atoms with van der Waals surface area (Å²) < 4.78 is 4.92. The molecule has 0 bridgehead atoms. The summed E-state index contributed by atoms with van der Waals surface area (Å²) >= 11 is 0. The molecule has 2 amide bonds.